The number of carbonyl (C=O) groups excluding carboxylic acids is 1. The third-order valence-corrected chi connectivity index (χ3v) is 5.52. The summed E-state index contributed by atoms with van der Waals surface area (Å²) in [7, 11) is 0. The molecule has 3 aliphatic rings. The number of hydrogen-bond acceptors (Lipinski definition) is 4. The lowest BCUT2D eigenvalue weighted by atomic mass is 9.79. The molecule has 2 bridgehead atoms. The Bertz CT molecular complexity index is 750. The maximum atomic E-state index is 12.6. The molecule has 2 aromatic heterocycles. The summed E-state index contributed by atoms with van der Waals surface area (Å²) in [6.45, 7) is 4.49. The molecule has 2 aromatic rings. The van der Waals surface area contributed by atoms with Crippen LogP contribution in [0.4, 0.5) is 0 Å². The molecule has 0 spiro atoms. The van der Waals surface area contributed by atoms with E-state index in [9.17, 15) is 4.79 Å². The van der Waals surface area contributed by atoms with Gasteiger partial charge in [-0.3, -0.25) is 9.69 Å². The molecule has 0 aromatic carbocycles. The van der Waals surface area contributed by atoms with Crippen LogP contribution in [-0.4, -0.2) is 41.0 Å². The standard InChI is InChI=1S/C18H20ClN3O2/c1-11-17(12-5-8-22(11)9-6-12)21-18(23)15-3-2-14(24-15)13-4-7-20-16(19)10-13/h2-4,7,10-12,17H,5-6,8-9H2,1H3,(H,21,23)/t11-,17-/m0/s1. The number of fused-ring (bicyclic) bond motifs is 3. The lowest BCUT2D eigenvalue weighted by Crippen LogP contribution is -2.62. The number of piperidine rings is 3. The quantitative estimate of drug-likeness (QED) is 0.868. The minimum atomic E-state index is -0.146. The molecule has 126 valence electrons. The van der Waals surface area contributed by atoms with Gasteiger partial charge in [0.05, 0.1) is 0 Å². The van der Waals surface area contributed by atoms with Crippen LogP contribution in [0.1, 0.15) is 30.3 Å². The maximum absolute atomic E-state index is 12.6. The van der Waals surface area contributed by atoms with E-state index in [1.807, 2.05) is 6.07 Å². The molecule has 5 heterocycles. The Labute approximate surface area is 146 Å². The molecule has 0 radical (unpaired) electrons. The molecule has 0 saturated carbocycles. The maximum Gasteiger partial charge on any atom is 0.287 e. The zero-order chi connectivity index (χ0) is 16.7. The lowest BCUT2D eigenvalue weighted by molar-refractivity contribution is 0.0211. The minimum Gasteiger partial charge on any atom is -0.451 e. The fourth-order valence-electron chi connectivity index (χ4n) is 3.94. The smallest absolute Gasteiger partial charge is 0.287 e. The molecule has 0 aliphatic carbocycles. The summed E-state index contributed by atoms with van der Waals surface area (Å²) in [5.41, 5.74) is 0.810. The van der Waals surface area contributed by atoms with Gasteiger partial charge in [0.1, 0.15) is 10.9 Å². The first-order valence-electron chi connectivity index (χ1n) is 8.38. The molecule has 1 N–H and O–H groups in total. The molecular formula is C18H20ClN3O2. The van der Waals surface area contributed by atoms with E-state index in [2.05, 4.69) is 22.1 Å². The molecule has 3 fully saturated rings. The monoisotopic (exact) mass is 345 g/mol. The van der Waals surface area contributed by atoms with E-state index in [0.717, 1.165) is 31.5 Å². The van der Waals surface area contributed by atoms with Crippen LogP contribution in [0, 0.1) is 5.92 Å². The van der Waals surface area contributed by atoms with Crippen LogP contribution in [0.5, 0.6) is 0 Å². The van der Waals surface area contributed by atoms with Crippen molar-refractivity contribution >= 4 is 17.5 Å². The number of pyridine rings is 1. The van der Waals surface area contributed by atoms with E-state index >= 15 is 0 Å². The molecule has 6 heteroatoms. The number of rotatable bonds is 3. The molecule has 24 heavy (non-hydrogen) atoms. The van der Waals surface area contributed by atoms with Crippen molar-refractivity contribution in [1.82, 2.24) is 15.2 Å². The Balaban J connectivity index is 1.49. The summed E-state index contributed by atoms with van der Waals surface area (Å²) < 4.78 is 5.73. The minimum absolute atomic E-state index is 0.146. The zero-order valence-electron chi connectivity index (χ0n) is 13.5. The highest BCUT2D eigenvalue weighted by Gasteiger charge is 2.40. The lowest BCUT2D eigenvalue weighted by Gasteiger charge is -2.49. The van der Waals surface area contributed by atoms with Crippen LogP contribution in [0.25, 0.3) is 11.3 Å². The number of nitrogens with zero attached hydrogens (tertiary/aromatic N) is 2. The Hall–Kier alpha value is -1.85. The topological polar surface area (TPSA) is 58.4 Å². The van der Waals surface area contributed by atoms with Gasteiger partial charge < -0.3 is 9.73 Å². The fourth-order valence-corrected chi connectivity index (χ4v) is 4.11. The van der Waals surface area contributed by atoms with E-state index in [0.29, 0.717) is 28.6 Å². The number of nitrogens with one attached hydrogen (secondary N) is 1. The largest absolute Gasteiger partial charge is 0.451 e. The number of carbonyl (C=O) groups is 1. The van der Waals surface area contributed by atoms with E-state index in [4.69, 9.17) is 16.0 Å². The van der Waals surface area contributed by atoms with Crippen LogP contribution >= 0.6 is 11.6 Å². The zero-order valence-corrected chi connectivity index (χ0v) is 14.3. The van der Waals surface area contributed by atoms with Gasteiger partial charge in [0, 0.05) is 23.8 Å². The van der Waals surface area contributed by atoms with Crippen molar-refractivity contribution < 1.29 is 9.21 Å². The Morgan fingerprint density at radius 1 is 1.33 bits per heavy atom. The molecule has 3 saturated heterocycles. The summed E-state index contributed by atoms with van der Waals surface area (Å²) in [5.74, 6) is 1.38. The van der Waals surface area contributed by atoms with Crippen molar-refractivity contribution in [3.63, 3.8) is 0 Å². The number of hydrogen-bond donors (Lipinski definition) is 1. The van der Waals surface area contributed by atoms with Crippen LogP contribution in [0.3, 0.4) is 0 Å². The molecular weight excluding hydrogens is 326 g/mol. The average Bonchev–Trinajstić information content (AvgIpc) is 3.09. The van der Waals surface area contributed by atoms with E-state index in [1.165, 1.54) is 0 Å². The molecule has 5 rings (SSSR count). The van der Waals surface area contributed by atoms with Crippen LogP contribution < -0.4 is 5.32 Å². The van der Waals surface area contributed by atoms with E-state index in [-0.39, 0.29) is 11.9 Å². The second kappa shape index (κ2) is 6.22. The van der Waals surface area contributed by atoms with Gasteiger partial charge in [-0.1, -0.05) is 11.6 Å². The molecule has 2 atom stereocenters. The second-order valence-corrected chi connectivity index (χ2v) is 7.03. The SMILES string of the molecule is C[C@H]1[C@H](NC(=O)c2ccc(-c3ccnc(Cl)c3)o2)C2CCN1CC2. The van der Waals surface area contributed by atoms with Gasteiger partial charge in [0.15, 0.2) is 5.76 Å². The van der Waals surface area contributed by atoms with Gasteiger partial charge in [0.25, 0.3) is 5.91 Å². The van der Waals surface area contributed by atoms with Gasteiger partial charge in [-0.25, -0.2) is 4.98 Å². The van der Waals surface area contributed by atoms with Crippen molar-refractivity contribution in [2.24, 2.45) is 5.92 Å². The van der Waals surface area contributed by atoms with Crippen molar-refractivity contribution in [2.45, 2.75) is 31.8 Å². The predicted molar refractivity (Wildman–Crippen MR) is 92.0 cm³/mol. The number of aromatic nitrogens is 1. The summed E-state index contributed by atoms with van der Waals surface area (Å²) in [5, 5.41) is 3.58. The van der Waals surface area contributed by atoms with Crippen LogP contribution in [0.15, 0.2) is 34.9 Å². The van der Waals surface area contributed by atoms with E-state index in [1.54, 1.807) is 24.4 Å². The Morgan fingerprint density at radius 2 is 2.12 bits per heavy atom. The molecule has 5 nitrogen and oxygen atoms in total. The summed E-state index contributed by atoms with van der Waals surface area (Å²) >= 11 is 5.91. The molecule has 1 amide bonds. The highest BCUT2D eigenvalue weighted by atomic mass is 35.5. The Kier molecular flexibility index (Phi) is 4.06. The van der Waals surface area contributed by atoms with Gasteiger partial charge in [0.2, 0.25) is 0 Å². The second-order valence-electron chi connectivity index (χ2n) is 6.64. The molecule has 3 aliphatic heterocycles. The first-order chi connectivity index (χ1) is 11.6. The normalized spacial score (nSPS) is 28.8. The fraction of sp³-hybridized carbons (Fsp3) is 0.444. The van der Waals surface area contributed by atoms with Crippen molar-refractivity contribution in [3.8, 4) is 11.3 Å². The van der Waals surface area contributed by atoms with Gasteiger partial charge >= 0.3 is 0 Å². The summed E-state index contributed by atoms with van der Waals surface area (Å²) in [6.07, 6.45) is 3.94. The summed E-state index contributed by atoms with van der Waals surface area (Å²) in [6, 6.07) is 7.61. The van der Waals surface area contributed by atoms with Crippen molar-refractivity contribution in [2.75, 3.05) is 13.1 Å². The van der Waals surface area contributed by atoms with Crippen molar-refractivity contribution in [1.29, 1.82) is 0 Å². The average molecular weight is 346 g/mol. The van der Waals surface area contributed by atoms with Crippen LogP contribution in [-0.2, 0) is 0 Å². The first-order valence-corrected chi connectivity index (χ1v) is 8.76. The highest BCUT2D eigenvalue weighted by Crippen LogP contribution is 2.32. The van der Waals surface area contributed by atoms with E-state index < -0.39 is 0 Å². The molecule has 0 unspecified atom stereocenters. The van der Waals surface area contributed by atoms with Crippen molar-refractivity contribution in [3.05, 3.63) is 41.4 Å². The highest BCUT2D eigenvalue weighted by molar-refractivity contribution is 6.29. The third kappa shape index (κ3) is 2.82. The summed E-state index contributed by atoms with van der Waals surface area (Å²) in [4.78, 5) is 19.0. The number of halogens is 1. The first kappa shape index (κ1) is 15.7. The van der Waals surface area contributed by atoms with Crippen LogP contribution in [0.2, 0.25) is 5.15 Å². The predicted octanol–water partition coefficient (Wildman–Crippen LogP) is 3.21. The van der Waals surface area contributed by atoms with Gasteiger partial charge in [-0.15, -0.1) is 0 Å². The third-order valence-electron chi connectivity index (χ3n) is 5.32. The number of furan rings is 1. The van der Waals surface area contributed by atoms with Gasteiger partial charge in [-0.05, 0) is 63.0 Å². The van der Waals surface area contributed by atoms with Gasteiger partial charge in [-0.2, -0.15) is 0 Å². The Morgan fingerprint density at radius 3 is 2.83 bits per heavy atom. The number of amides is 1.